The molecule has 1 aliphatic rings. The summed E-state index contributed by atoms with van der Waals surface area (Å²) in [5.74, 6) is -0.146. The lowest BCUT2D eigenvalue weighted by Crippen LogP contribution is -2.31. The molecule has 1 fully saturated rings. The number of carbonyl (C=O) groups is 1. The van der Waals surface area contributed by atoms with Crippen LogP contribution < -0.4 is 10.9 Å². The van der Waals surface area contributed by atoms with E-state index in [1.165, 1.54) is 4.57 Å². The van der Waals surface area contributed by atoms with E-state index in [9.17, 15) is 9.59 Å². The molecule has 1 saturated heterocycles. The lowest BCUT2D eigenvalue weighted by Gasteiger charge is -2.19. The highest BCUT2D eigenvalue weighted by molar-refractivity contribution is 6.30. The zero-order valence-electron chi connectivity index (χ0n) is 21.1. The Kier molecular flexibility index (Phi) is 6.97. The zero-order valence-corrected chi connectivity index (χ0v) is 21.8. The Hall–Kier alpha value is -4.26. The van der Waals surface area contributed by atoms with Crippen LogP contribution in [0.15, 0.2) is 108 Å². The van der Waals surface area contributed by atoms with Gasteiger partial charge < -0.3 is 4.74 Å². The zero-order chi connectivity index (χ0) is 26.8. The van der Waals surface area contributed by atoms with E-state index < -0.39 is 0 Å². The van der Waals surface area contributed by atoms with Gasteiger partial charge in [-0.3, -0.25) is 19.5 Å². The Morgan fingerprint density at radius 1 is 0.897 bits per heavy atom. The van der Waals surface area contributed by atoms with Crippen LogP contribution in [-0.4, -0.2) is 21.6 Å². The molecular formula is C32H26ClN3O3. The summed E-state index contributed by atoms with van der Waals surface area (Å²) in [6, 6.07) is 32.0. The second kappa shape index (κ2) is 10.8. The molecule has 1 aromatic heterocycles. The Labute approximate surface area is 230 Å². The first-order valence-electron chi connectivity index (χ1n) is 12.9. The van der Waals surface area contributed by atoms with Crippen LogP contribution in [0.3, 0.4) is 0 Å². The second-order valence-electron chi connectivity index (χ2n) is 9.65. The SMILES string of the molecule is O=C(Nc1nc2cc(-c3cccc(Cl)c3)ccc2c(=O)n1CC1CCC(c2ccccc2)O1)c1ccccc1. The fraction of sp³-hybridized carbons (Fsp3) is 0.156. The quantitative estimate of drug-likeness (QED) is 0.257. The van der Waals surface area contributed by atoms with Gasteiger partial charge in [0.15, 0.2) is 0 Å². The van der Waals surface area contributed by atoms with Gasteiger partial charge in [-0.1, -0.05) is 78.3 Å². The first-order valence-corrected chi connectivity index (χ1v) is 13.3. The van der Waals surface area contributed by atoms with Crippen LogP contribution in [0.25, 0.3) is 22.0 Å². The molecule has 4 aromatic carbocycles. The largest absolute Gasteiger partial charge is 0.368 e. The maximum atomic E-state index is 13.8. The number of aromatic nitrogens is 2. The number of benzene rings is 4. The van der Waals surface area contributed by atoms with Crippen LogP contribution >= 0.6 is 11.6 Å². The van der Waals surface area contributed by atoms with Crippen molar-refractivity contribution in [3.05, 3.63) is 130 Å². The third-order valence-corrected chi connectivity index (χ3v) is 7.27. The van der Waals surface area contributed by atoms with E-state index in [2.05, 4.69) is 17.4 Å². The summed E-state index contributed by atoms with van der Waals surface area (Å²) in [6.45, 7) is 0.283. The number of hydrogen-bond acceptors (Lipinski definition) is 4. The van der Waals surface area contributed by atoms with Gasteiger partial charge in [-0.25, -0.2) is 4.98 Å². The predicted molar refractivity (Wildman–Crippen MR) is 154 cm³/mol. The Morgan fingerprint density at radius 2 is 1.64 bits per heavy atom. The summed E-state index contributed by atoms with van der Waals surface area (Å²) >= 11 is 6.20. The number of nitrogens with one attached hydrogen (secondary N) is 1. The normalized spacial score (nSPS) is 16.8. The van der Waals surface area contributed by atoms with Gasteiger partial charge in [-0.15, -0.1) is 0 Å². The molecule has 2 atom stereocenters. The Morgan fingerprint density at radius 3 is 2.41 bits per heavy atom. The number of halogens is 1. The number of carbonyl (C=O) groups excluding carboxylic acids is 1. The molecule has 0 spiro atoms. The number of ether oxygens (including phenoxy) is 1. The van der Waals surface area contributed by atoms with Gasteiger partial charge in [-0.05, 0) is 65.9 Å². The van der Waals surface area contributed by atoms with Crippen molar-refractivity contribution in [3.63, 3.8) is 0 Å². The lowest BCUT2D eigenvalue weighted by atomic mass is 10.0. The minimum absolute atomic E-state index is 0.0251. The van der Waals surface area contributed by atoms with E-state index in [-0.39, 0.29) is 36.2 Å². The maximum Gasteiger partial charge on any atom is 0.262 e. The first kappa shape index (κ1) is 25.0. The van der Waals surface area contributed by atoms with Crippen molar-refractivity contribution >= 4 is 34.4 Å². The highest BCUT2D eigenvalue weighted by atomic mass is 35.5. The maximum absolute atomic E-state index is 13.8. The molecule has 39 heavy (non-hydrogen) atoms. The second-order valence-corrected chi connectivity index (χ2v) is 10.1. The summed E-state index contributed by atoms with van der Waals surface area (Å²) in [7, 11) is 0. The van der Waals surface area contributed by atoms with Gasteiger partial charge in [0.1, 0.15) is 0 Å². The minimum Gasteiger partial charge on any atom is -0.368 e. The summed E-state index contributed by atoms with van der Waals surface area (Å²) in [4.78, 5) is 31.7. The van der Waals surface area contributed by atoms with Gasteiger partial charge >= 0.3 is 0 Å². The van der Waals surface area contributed by atoms with E-state index >= 15 is 0 Å². The van der Waals surface area contributed by atoms with E-state index in [0.717, 1.165) is 29.5 Å². The van der Waals surface area contributed by atoms with Crippen LogP contribution in [0.1, 0.15) is 34.9 Å². The number of nitrogens with zero attached hydrogens (tertiary/aromatic N) is 2. The minimum atomic E-state index is -0.337. The average molecular weight is 536 g/mol. The van der Waals surface area contributed by atoms with Gasteiger partial charge in [0, 0.05) is 10.6 Å². The Bertz CT molecular complexity index is 1700. The molecule has 0 aliphatic carbocycles. The molecule has 0 radical (unpaired) electrons. The smallest absolute Gasteiger partial charge is 0.262 e. The van der Waals surface area contributed by atoms with Crippen molar-refractivity contribution < 1.29 is 9.53 Å². The van der Waals surface area contributed by atoms with Gasteiger partial charge in [0.2, 0.25) is 5.95 Å². The first-order chi connectivity index (χ1) is 19.0. The molecular weight excluding hydrogens is 510 g/mol. The topological polar surface area (TPSA) is 73.2 Å². The van der Waals surface area contributed by atoms with Crippen molar-refractivity contribution in [1.82, 2.24) is 9.55 Å². The molecule has 0 bridgehead atoms. The number of hydrogen-bond donors (Lipinski definition) is 1. The van der Waals surface area contributed by atoms with Crippen LogP contribution in [0.2, 0.25) is 5.02 Å². The number of rotatable bonds is 6. The van der Waals surface area contributed by atoms with Gasteiger partial charge in [0.05, 0.1) is 29.7 Å². The lowest BCUT2D eigenvalue weighted by molar-refractivity contribution is 0.0347. The van der Waals surface area contributed by atoms with Crippen molar-refractivity contribution in [1.29, 1.82) is 0 Å². The van der Waals surface area contributed by atoms with Crippen LogP contribution in [-0.2, 0) is 11.3 Å². The molecule has 1 N–H and O–H groups in total. The van der Waals surface area contributed by atoms with E-state index in [1.54, 1.807) is 30.3 Å². The summed E-state index contributed by atoms with van der Waals surface area (Å²) in [5.41, 5.74) is 3.65. The van der Waals surface area contributed by atoms with Crippen LogP contribution in [0.4, 0.5) is 5.95 Å². The summed E-state index contributed by atoms with van der Waals surface area (Å²) in [5, 5.41) is 3.97. The van der Waals surface area contributed by atoms with Crippen LogP contribution in [0.5, 0.6) is 0 Å². The molecule has 2 heterocycles. The van der Waals surface area contributed by atoms with Crippen molar-refractivity contribution in [2.24, 2.45) is 0 Å². The third-order valence-electron chi connectivity index (χ3n) is 7.04. The molecule has 194 valence electrons. The van der Waals surface area contributed by atoms with Gasteiger partial charge in [0.25, 0.3) is 11.5 Å². The molecule has 6 rings (SSSR count). The number of anilines is 1. The summed E-state index contributed by atoms with van der Waals surface area (Å²) in [6.07, 6.45) is 1.44. The number of amides is 1. The predicted octanol–water partition coefficient (Wildman–Crippen LogP) is 6.89. The van der Waals surface area contributed by atoms with Crippen molar-refractivity contribution in [2.45, 2.75) is 31.6 Å². The van der Waals surface area contributed by atoms with E-state index in [0.29, 0.717) is 21.5 Å². The van der Waals surface area contributed by atoms with Crippen molar-refractivity contribution in [2.75, 3.05) is 5.32 Å². The molecule has 1 amide bonds. The Balaban J connectivity index is 1.38. The standard InChI is InChI=1S/C32H26ClN3O3/c33-25-13-7-12-23(18-25)24-14-16-27-28(19-24)34-32(35-30(37)22-10-5-2-6-11-22)36(31(27)38)20-26-15-17-29(39-26)21-8-3-1-4-9-21/h1-14,16,18-19,26,29H,15,17,20H2,(H,34,35,37). The van der Waals surface area contributed by atoms with E-state index in [4.69, 9.17) is 21.3 Å². The fourth-order valence-corrected chi connectivity index (χ4v) is 5.24. The van der Waals surface area contributed by atoms with Gasteiger partial charge in [-0.2, -0.15) is 0 Å². The van der Waals surface area contributed by atoms with Crippen LogP contribution in [0, 0.1) is 0 Å². The van der Waals surface area contributed by atoms with Crippen molar-refractivity contribution in [3.8, 4) is 11.1 Å². The molecule has 7 heteroatoms. The van der Waals surface area contributed by atoms with E-state index in [1.807, 2.05) is 60.7 Å². The fourth-order valence-electron chi connectivity index (χ4n) is 5.05. The molecule has 5 aromatic rings. The summed E-state index contributed by atoms with van der Waals surface area (Å²) < 4.78 is 7.87. The average Bonchev–Trinajstić information content (AvgIpc) is 3.44. The highest BCUT2D eigenvalue weighted by Gasteiger charge is 2.28. The monoisotopic (exact) mass is 535 g/mol. The molecule has 0 saturated carbocycles. The molecule has 2 unspecified atom stereocenters. The highest BCUT2D eigenvalue weighted by Crippen LogP contribution is 2.33. The number of fused-ring (bicyclic) bond motifs is 1. The molecule has 1 aliphatic heterocycles. The third kappa shape index (κ3) is 5.35. The molecule has 6 nitrogen and oxygen atoms in total.